The largest absolute Gasteiger partial charge is 0.172 e. The Morgan fingerprint density at radius 2 is 0.741 bits per heavy atom. The molecule has 0 N–H and O–H groups in total. The summed E-state index contributed by atoms with van der Waals surface area (Å²) in [5.41, 5.74) is 9.67. The van der Waals surface area contributed by atoms with Gasteiger partial charge in [-0.2, -0.15) is 8.75 Å². The fourth-order valence-corrected chi connectivity index (χ4v) is 23.4. The lowest BCUT2D eigenvalue weighted by atomic mass is 10.0. The molecule has 288 valence electrons. The maximum Gasteiger partial charge on any atom is 0.116 e. The summed E-state index contributed by atoms with van der Waals surface area (Å²) in [7, 11) is -1.64. The molecule has 1 aromatic carbocycles. The summed E-state index contributed by atoms with van der Waals surface area (Å²) in [5.74, 6) is 0. The quantitative estimate of drug-likeness (QED) is 0.149. The van der Waals surface area contributed by atoms with Gasteiger partial charge in [0.15, 0.2) is 0 Å². The maximum absolute atomic E-state index is 4.90. The van der Waals surface area contributed by atoms with Crippen LogP contribution in [0.1, 0.15) is 32.0 Å². The van der Waals surface area contributed by atoms with Gasteiger partial charge in [0.05, 0.1) is 11.7 Å². The van der Waals surface area contributed by atoms with Crippen molar-refractivity contribution in [1.82, 2.24) is 8.75 Å². The lowest BCUT2D eigenvalue weighted by molar-refractivity contribution is 1.51. The van der Waals surface area contributed by atoms with Gasteiger partial charge in [0.2, 0.25) is 0 Å². The number of hydrogen-bond acceptors (Lipinski definition) is 11. The fourth-order valence-electron chi connectivity index (χ4n) is 8.32. The van der Waals surface area contributed by atoms with Crippen molar-refractivity contribution in [1.29, 1.82) is 0 Å². The molecule has 2 nitrogen and oxygen atoms in total. The van der Waals surface area contributed by atoms with Crippen LogP contribution in [0.4, 0.5) is 0 Å². The number of rotatable bonds is 7. The van der Waals surface area contributed by atoms with Crippen LogP contribution in [0.5, 0.6) is 0 Å². The van der Waals surface area contributed by atoms with Crippen molar-refractivity contribution in [2.24, 2.45) is 0 Å². The van der Waals surface area contributed by atoms with E-state index in [9.17, 15) is 0 Å². The summed E-state index contributed by atoms with van der Waals surface area (Å²) < 4.78 is 9.79. The lowest BCUT2D eigenvalue weighted by Crippen LogP contribution is -2.48. The standard InChI is InChI=1S/C46H36N2S9Si/c1-21-15-25(5)49-41(21)29-11-12-30(51-29)42-22(2)16-33(53-42)27-9-10-28(40-39(27)47-57-48-40)34-17-23(3)43(54-34)31-13-14-32(52-31)44-24(4)18-35(55-44)36-20-38-46(56-36)45-37(58(38,7)8)19-26(6)50-45/h9-20H,1-8H3. The predicted octanol–water partition coefficient (Wildman–Crippen LogP) is 16.5. The summed E-state index contributed by atoms with van der Waals surface area (Å²) in [6, 6.07) is 28.2. The van der Waals surface area contributed by atoms with Gasteiger partial charge >= 0.3 is 0 Å². The van der Waals surface area contributed by atoms with Crippen LogP contribution in [-0.4, -0.2) is 16.8 Å². The normalized spacial score (nSPS) is 13.3. The van der Waals surface area contributed by atoms with Crippen molar-refractivity contribution < 1.29 is 0 Å². The minimum atomic E-state index is -1.64. The molecule has 58 heavy (non-hydrogen) atoms. The van der Waals surface area contributed by atoms with Crippen LogP contribution in [0.25, 0.3) is 90.4 Å². The molecule has 0 saturated carbocycles. The van der Waals surface area contributed by atoms with Crippen LogP contribution in [0.2, 0.25) is 13.1 Å². The molecule has 0 unspecified atom stereocenters. The molecular weight excluding hydrogens is 897 g/mol. The number of hydrogen-bond donors (Lipinski definition) is 0. The third-order valence-corrected chi connectivity index (χ3v) is 26.0. The second-order valence-corrected chi connectivity index (χ2v) is 29.5. The van der Waals surface area contributed by atoms with E-state index in [4.69, 9.17) is 8.75 Å². The van der Waals surface area contributed by atoms with E-state index >= 15 is 0 Å². The molecular formula is C46H36N2S9Si. The molecule has 0 saturated heterocycles. The zero-order valence-corrected chi connectivity index (χ0v) is 41.3. The fraction of sp³-hybridized carbons (Fsp3) is 0.174. The van der Waals surface area contributed by atoms with Crippen LogP contribution in [0.15, 0.2) is 72.8 Å². The Labute approximate surface area is 375 Å². The van der Waals surface area contributed by atoms with Crippen LogP contribution in [0.3, 0.4) is 0 Å². The molecule has 0 bridgehead atoms. The second kappa shape index (κ2) is 13.9. The molecule has 0 fully saturated rings. The lowest BCUT2D eigenvalue weighted by Gasteiger charge is -2.15. The van der Waals surface area contributed by atoms with Crippen molar-refractivity contribution in [3.05, 3.63) is 105 Å². The van der Waals surface area contributed by atoms with Crippen LogP contribution >= 0.6 is 102 Å². The topological polar surface area (TPSA) is 25.8 Å². The molecule has 0 amide bonds. The molecule has 9 aromatic heterocycles. The Hall–Kier alpha value is -3.14. The molecule has 1 aliphatic rings. The zero-order chi connectivity index (χ0) is 39.8. The maximum atomic E-state index is 4.90. The summed E-state index contributed by atoms with van der Waals surface area (Å²) >= 11 is 16.7. The van der Waals surface area contributed by atoms with Gasteiger partial charge < -0.3 is 0 Å². The average molecular weight is 933 g/mol. The minimum Gasteiger partial charge on any atom is -0.172 e. The third kappa shape index (κ3) is 6.00. The molecule has 0 spiro atoms. The summed E-state index contributed by atoms with van der Waals surface area (Å²) in [4.78, 5) is 22.0. The van der Waals surface area contributed by atoms with Gasteiger partial charge in [0.1, 0.15) is 19.1 Å². The van der Waals surface area contributed by atoms with E-state index in [1.165, 1.54) is 118 Å². The third-order valence-electron chi connectivity index (χ3n) is 11.2. The molecule has 0 atom stereocenters. The smallest absolute Gasteiger partial charge is 0.116 e. The first-order valence-electron chi connectivity index (χ1n) is 19.0. The van der Waals surface area contributed by atoms with Gasteiger partial charge in [0, 0.05) is 89.2 Å². The van der Waals surface area contributed by atoms with Crippen molar-refractivity contribution in [2.45, 2.75) is 54.6 Å². The number of benzene rings is 1. The predicted molar refractivity (Wildman–Crippen MR) is 269 cm³/mol. The van der Waals surface area contributed by atoms with Crippen molar-refractivity contribution in [3.63, 3.8) is 0 Å². The van der Waals surface area contributed by atoms with E-state index in [0.29, 0.717) is 0 Å². The SMILES string of the molecule is Cc1cc(C)c(-c2ccc(-c3sc(-c4ccc(-c5cc(C)c(-c6ccc(-c7sc(-c8cc9c(s8)-c8sc(C)cc8[Si]9(C)C)cc7C)s6)s5)c5nsnc45)cc3C)s2)s1. The molecule has 11 rings (SSSR count). The molecule has 12 heteroatoms. The zero-order valence-electron chi connectivity index (χ0n) is 33.0. The highest BCUT2D eigenvalue weighted by Gasteiger charge is 2.41. The van der Waals surface area contributed by atoms with Gasteiger partial charge in [-0.05, 0) is 135 Å². The van der Waals surface area contributed by atoms with Gasteiger partial charge in [-0.25, -0.2) is 0 Å². The molecule has 10 aromatic rings. The van der Waals surface area contributed by atoms with Crippen LogP contribution < -0.4 is 10.4 Å². The number of nitrogens with zero attached hydrogens (tertiary/aromatic N) is 2. The number of thiophene rings is 8. The summed E-state index contributed by atoms with van der Waals surface area (Å²) in [6.45, 7) is 18.5. The van der Waals surface area contributed by atoms with Crippen LogP contribution in [-0.2, 0) is 0 Å². The Kier molecular flexibility index (Phi) is 9.10. The van der Waals surface area contributed by atoms with Gasteiger partial charge in [-0.1, -0.05) is 25.2 Å². The Morgan fingerprint density at radius 3 is 1.26 bits per heavy atom. The van der Waals surface area contributed by atoms with E-state index < -0.39 is 8.07 Å². The van der Waals surface area contributed by atoms with Gasteiger partial charge in [0.25, 0.3) is 0 Å². The van der Waals surface area contributed by atoms with E-state index in [0.717, 1.165) is 11.0 Å². The number of fused-ring (bicyclic) bond motifs is 4. The molecule has 1 aliphatic heterocycles. The molecule has 0 aliphatic carbocycles. The average Bonchev–Trinajstić information content (AvgIpc) is 4.02. The summed E-state index contributed by atoms with van der Waals surface area (Å²) in [6.07, 6.45) is 0. The van der Waals surface area contributed by atoms with Crippen LogP contribution in [0, 0.1) is 41.5 Å². The van der Waals surface area contributed by atoms with Gasteiger partial charge in [-0.15, -0.1) is 90.7 Å². The monoisotopic (exact) mass is 932 g/mol. The van der Waals surface area contributed by atoms with Gasteiger partial charge in [-0.3, -0.25) is 0 Å². The summed E-state index contributed by atoms with van der Waals surface area (Å²) in [5, 5.41) is 3.27. The second-order valence-electron chi connectivity index (χ2n) is 15.8. The minimum absolute atomic E-state index is 0.995. The highest BCUT2D eigenvalue weighted by Crippen LogP contribution is 2.50. The first-order valence-corrected chi connectivity index (χ1v) is 29.3. The first-order chi connectivity index (χ1) is 27.9. The Balaban J connectivity index is 0.877. The highest BCUT2D eigenvalue weighted by atomic mass is 32.1. The van der Waals surface area contributed by atoms with E-state index in [-0.39, 0.29) is 0 Å². The first kappa shape index (κ1) is 37.8. The van der Waals surface area contributed by atoms with E-state index in [1.807, 2.05) is 90.7 Å². The Bertz CT molecular complexity index is 3250. The van der Waals surface area contributed by atoms with Crippen molar-refractivity contribution in [2.75, 3.05) is 0 Å². The number of aromatic nitrogens is 2. The highest BCUT2D eigenvalue weighted by molar-refractivity contribution is 7.33. The molecule has 0 radical (unpaired) electrons. The Morgan fingerprint density at radius 1 is 0.362 bits per heavy atom. The van der Waals surface area contributed by atoms with E-state index in [1.54, 1.807) is 15.3 Å². The number of aryl methyl sites for hydroxylation is 6. The van der Waals surface area contributed by atoms with Crippen molar-refractivity contribution >= 4 is 132 Å². The van der Waals surface area contributed by atoms with E-state index in [2.05, 4.69) is 127 Å². The van der Waals surface area contributed by atoms with Crippen molar-refractivity contribution in [3.8, 4) is 79.4 Å². The molecule has 10 heterocycles.